The van der Waals surface area contributed by atoms with Crippen molar-refractivity contribution in [3.8, 4) is 0 Å². The van der Waals surface area contributed by atoms with E-state index >= 15 is 0 Å². The first-order valence-electron chi connectivity index (χ1n) is 27.2. The molecule has 0 amide bonds. The Morgan fingerprint density at radius 3 is 0.852 bits per heavy atom. The summed E-state index contributed by atoms with van der Waals surface area (Å²) in [5.41, 5.74) is 0. The van der Waals surface area contributed by atoms with Crippen molar-refractivity contribution >= 4 is 17.9 Å². The van der Waals surface area contributed by atoms with Gasteiger partial charge in [0.15, 0.2) is 6.10 Å². The molecule has 362 valence electrons. The standard InChI is InChI=1S/C55H106O6/c1-7-50(5)42-36-30-24-21-22-26-34-40-46-55(58)61-52(48-60-54(57)45-39-33-28-27-31-37-43-51(6)8-2)47-59-53(56)44-38-32-25-20-18-16-14-12-10-9-11-13-15-17-19-23-29-35-41-49(3)4/h49-52H,7-48H2,1-6H3/t50?,51?,52-/m1/s1. The van der Waals surface area contributed by atoms with Crippen molar-refractivity contribution in [2.75, 3.05) is 13.2 Å². The first kappa shape index (κ1) is 59.4. The summed E-state index contributed by atoms with van der Waals surface area (Å²) in [6.45, 7) is 13.7. The van der Waals surface area contributed by atoms with E-state index in [2.05, 4.69) is 41.5 Å². The number of hydrogen-bond acceptors (Lipinski definition) is 6. The van der Waals surface area contributed by atoms with E-state index in [1.165, 1.54) is 180 Å². The molecule has 2 unspecified atom stereocenters. The van der Waals surface area contributed by atoms with E-state index in [-0.39, 0.29) is 31.1 Å². The van der Waals surface area contributed by atoms with Gasteiger partial charge in [-0.15, -0.1) is 0 Å². The normalized spacial score (nSPS) is 13.0. The van der Waals surface area contributed by atoms with Crippen LogP contribution >= 0.6 is 0 Å². The molecule has 0 bridgehead atoms. The summed E-state index contributed by atoms with van der Waals surface area (Å²) in [4.78, 5) is 37.9. The molecule has 0 N–H and O–H groups in total. The Kier molecular flexibility index (Phi) is 45.2. The monoisotopic (exact) mass is 863 g/mol. The van der Waals surface area contributed by atoms with Crippen molar-refractivity contribution in [3.63, 3.8) is 0 Å². The van der Waals surface area contributed by atoms with Gasteiger partial charge in [-0.25, -0.2) is 0 Å². The summed E-state index contributed by atoms with van der Waals surface area (Å²) >= 11 is 0. The third-order valence-corrected chi connectivity index (χ3v) is 13.1. The van der Waals surface area contributed by atoms with Gasteiger partial charge in [-0.3, -0.25) is 14.4 Å². The number of esters is 3. The van der Waals surface area contributed by atoms with Crippen LogP contribution in [0.5, 0.6) is 0 Å². The molecule has 0 aromatic heterocycles. The number of unbranched alkanes of at least 4 members (excludes halogenated alkanes) is 29. The summed E-state index contributed by atoms with van der Waals surface area (Å²) in [6, 6.07) is 0. The lowest BCUT2D eigenvalue weighted by Crippen LogP contribution is -2.30. The molecule has 0 saturated carbocycles. The van der Waals surface area contributed by atoms with Crippen LogP contribution in [0.4, 0.5) is 0 Å². The summed E-state index contributed by atoms with van der Waals surface area (Å²) in [6.07, 6.45) is 46.7. The van der Waals surface area contributed by atoms with E-state index < -0.39 is 6.10 Å². The average molecular weight is 863 g/mol. The van der Waals surface area contributed by atoms with Crippen LogP contribution in [-0.4, -0.2) is 37.2 Å². The zero-order valence-electron chi connectivity index (χ0n) is 42.0. The highest BCUT2D eigenvalue weighted by molar-refractivity contribution is 5.71. The van der Waals surface area contributed by atoms with E-state index in [0.29, 0.717) is 19.3 Å². The molecule has 0 radical (unpaired) electrons. The molecule has 0 aliphatic heterocycles. The van der Waals surface area contributed by atoms with Crippen molar-refractivity contribution in [2.24, 2.45) is 17.8 Å². The van der Waals surface area contributed by atoms with Crippen LogP contribution in [0.3, 0.4) is 0 Å². The predicted octanol–water partition coefficient (Wildman–Crippen LogP) is 17.6. The molecule has 0 aromatic rings. The highest BCUT2D eigenvalue weighted by Crippen LogP contribution is 2.19. The number of hydrogen-bond donors (Lipinski definition) is 0. The maximum absolute atomic E-state index is 12.8. The summed E-state index contributed by atoms with van der Waals surface area (Å²) in [7, 11) is 0. The smallest absolute Gasteiger partial charge is 0.306 e. The molecule has 0 aliphatic carbocycles. The maximum atomic E-state index is 12.8. The van der Waals surface area contributed by atoms with Crippen molar-refractivity contribution in [1.29, 1.82) is 0 Å². The van der Waals surface area contributed by atoms with Gasteiger partial charge in [0.05, 0.1) is 0 Å². The zero-order chi connectivity index (χ0) is 44.9. The highest BCUT2D eigenvalue weighted by atomic mass is 16.6. The van der Waals surface area contributed by atoms with E-state index in [1.807, 2.05) is 0 Å². The quantitative estimate of drug-likeness (QED) is 0.0344. The van der Waals surface area contributed by atoms with Crippen molar-refractivity contribution in [2.45, 2.75) is 304 Å². The molecule has 0 fully saturated rings. The SMILES string of the molecule is CCC(C)CCCCCCCCCCC(=O)O[C@H](COC(=O)CCCCCCCCCCCCCCCCCCCCC(C)C)COC(=O)CCCCCCCCC(C)CC. The fraction of sp³-hybridized carbons (Fsp3) is 0.945. The van der Waals surface area contributed by atoms with Crippen molar-refractivity contribution in [1.82, 2.24) is 0 Å². The summed E-state index contributed by atoms with van der Waals surface area (Å²) < 4.78 is 16.8. The van der Waals surface area contributed by atoms with Crippen LogP contribution < -0.4 is 0 Å². The minimum Gasteiger partial charge on any atom is -0.462 e. The minimum atomic E-state index is -0.763. The summed E-state index contributed by atoms with van der Waals surface area (Å²) in [5.74, 6) is 1.66. The van der Waals surface area contributed by atoms with Gasteiger partial charge in [-0.1, -0.05) is 260 Å². The lowest BCUT2D eigenvalue weighted by atomic mass is 9.99. The Morgan fingerprint density at radius 1 is 0.328 bits per heavy atom. The molecule has 6 heteroatoms. The lowest BCUT2D eigenvalue weighted by molar-refractivity contribution is -0.167. The largest absolute Gasteiger partial charge is 0.462 e. The molecular formula is C55H106O6. The molecule has 0 rings (SSSR count). The van der Waals surface area contributed by atoms with Gasteiger partial charge in [-0.05, 0) is 37.0 Å². The molecule has 0 spiro atoms. The molecule has 3 atom stereocenters. The fourth-order valence-corrected chi connectivity index (χ4v) is 8.23. The third kappa shape index (κ3) is 46.2. The van der Waals surface area contributed by atoms with Crippen LogP contribution in [0.2, 0.25) is 0 Å². The second kappa shape index (κ2) is 46.4. The van der Waals surface area contributed by atoms with Gasteiger partial charge in [0, 0.05) is 19.3 Å². The van der Waals surface area contributed by atoms with Crippen molar-refractivity contribution in [3.05, 3.63) is 0 Å². The first-order chi connectivity index (χ1) is 29.7. The number of carbonyl (C=O) groups excluding carboxylic acids is 3. The van der Waals surface area contributed by atoms with Crippen molar-refractivity contribution < 1.29 is 28.6 Å². The average Bonchev–Trinajstić information content (AvgIpc) is 3.24. The Balaban J connectivity index is 4.21. The predicted molar refractivity (Wildman–Crippen MR) is 261 cm³/mol. The fourth-order valence-electron chi connectivity index (χ4n) is 8.23. The third-order valence-electron chi connectivity index (χ3n) is 13.1. The molecule has 0 aliphatic rings. The molecule has 6 nitrogen and oxygen atoms in total. The van der Waals surface area contributed by atoms with Crippen LogP contribution in [0.25, 0.3) is 0 Å². The van der Waals surface area contributed by atoms with Crippen LogP contribution in [0.1, 0.15) is 298 Å². The van der Waals surface area contributed by atoms with Gasteiger partial charge in [0.1, 0.15) is 13.2 Å². The second-order valence-electron chi connectivity index (χ2n) is 19.8. The van der Waals surface area contributed by atoms with Gasteiger partial charge < -0.3 is 14.2 Å². The Hall–Kier alpha value is -1.59. The van der Waals surface area contributed by atoms with Crippen LogP contribution in [-0.2, 0) is 28.6 Å². The Morgan fingerprint density at radius 2 is 0.574 bits per heavy atom. The Bertz CT molecular complexity index is 949. The second-order valence-corrected chi connectivity index (χ2v) is 19.8. The van der Waals surface area contributed by atoms with E-state index in [0.717, 1.165) is 75.5 Å². The molecule has 0 heterocycles. The number of ether oxygens (including phenoxy) is 3. The first-order valence-corrected chi connectivity index (χ1v) is 27.2. The number of rotatable bonds is 48. The molecule has 0 aromatic carbocycles. The van der Waals surface area contributed by atoms with Crippen LogP contribution in [0.15, 0.2) is 0 Å². The van der Waals surface area contributed by atoms with E-state index in [4.69, 9.17) is 14.2 Å². The van der Waals surface area contributed by atoms with Crippen LogP contribution in [0, 0.1) is 17.8 Å². The number of carbonyl (C=O) groups is 3. The zero-order valence-corrected chi connectivity index (χ0v) is 42.0. The van der Waals surface area contributed by atoms with E-state index in [1.54, 1.807) is 0 Å². The lowest BCUT2D eigenvalue weighted by Gasteiger charge is -2.18. The van der Waals surface area contributed by atoms with Gasteiger partial charge in [0.2, 0.25) is 0 Å². The maximum Gasteiger partial charge on any atom is 0.306 e. The van der Waals surface area contributed by atoms with Gasteiger partial charge in [-0.2, -0.15) is 0 Å². The topological polar surface area (TPSA) is 78.9 Å². The van der Waals surface area contributed by atoms with Gasteiger partial charge in [0.25, 0.3) is 0 Å². The minimum absolute atomic E-state index is 0.0653. The van der Waals surface area contributed by atoms with Gasteiger partial charge >= 0.3 is 17.9 Å². The molecule has 0 saturated heterocycles. The summed E-state index contributed by atoms with van der Waals surface area (Å²) in [5, 5.41) is 0. The highest BCUT2D eigenvalue weighted by Gasteiger charge is 2.19. The Labute approximate surface area is 380 Å². The van der Waals surface area contributed by atoms with E-state index in [9.17, 15) is 14.4 Å². The molecule has 61 heavy (non-hydrogen) atoms. The molecular weight excluding hydrogens is 757 g/mol.